The van der Waals surface area contributed by atoms with Crippen LogP contribution in [0.4, 0.5) is 0 Å². The Kier molecular flexibility index (Phi) is 5.64. The van der Waals surface area contributed by atoms with Crippen molar-refractivity contribution in [3.63, 3.8) is 0 Å². The van der Waals surface area contributed by atoms with E-state index in [1.54, 1.807) is 41.3 Å². The van der Waals surface area contributed by atoms with Crippen molar-refractivity contribution in [1.29, 1.82) is 0 Å². The molecule has 2 aromatic heterocycles. The van der Waals surface area contributed by atoms with Crippen LogP contribution in [-0.2, 0) is 10.0 Å². The quantitative estimate of drug-likeness (QED) is 0.650. The lowest BCUT2D eigenvalue weighted by atomic mass is 10.2. The SMILES string of the molecule is CCC(NS(=O)(=O)c1cc(-n2cccn2)ccc1OC)c1nc(C)c(C)s1. The molecule has 144 valence electrons. The molecule has 0 amide bonds. The van der Waals surface area contributed by atoms with E-state index in [0.717, 1.165) is 15.6 Å². The van der Waals surface area contributed by atoms with Crippen LogP contribution in [0.1, 0.15) is 35.0 Å². The third-order valence-corrected chi connectivity index (χ3v) is 6.93. The molecule has 0 aliphatic heterocycles. The minimum absolute atomic E-state index is 0.0708. The molecule has 1 N–H and O–H groups in total. The molecule has 1 unspecified atom stereocenters. The predicted molar refractivity (Wildman–Crippen MR) is 105 cm³/mol. The summed E-state index contributed by atoms with van der Waals surface area (Å²) >= 11 is 1.51. The van der Waals surface area contributed by atoms with Crippen molar-refractivity contribution in [2.75, 3.05) is 7.11 Å². The standard InChI is InChI=1S/C18H22N4O3S2/c1-5-15(18-20-12(2)13(3)26-18)21-27(23,24)17-11-14(7-8-16(17)25-4)22-10-6-9-19-22/h6-11,15,21H,5H2,1-4H3. The van der Waals surface area contributed by atoms with Gasteiger partial charge in [0.25, 0.3) is 0 Å². The van der Waals surface area contributed by atoms with Crippen molar-refractivity contribution >= 4 is 21.4 Å². The molecular formula is C18H22N4O3S2. The van der Waals surface area contributed by atoms with E-state index in [-0.39, 0.29) is 10.6 Å². The highest BCUT2D eigenvalue weighted by molar-refractivity contribution is 7.89. The maximum Gasteiger partial charge on any atom is 0.244 e. The van der Waals surface area contributed by atoms with Gasteiger partial charge in [0.15, 0.2) is 0 Å². The van der Waals surface area contributed by atoms with Gasteiger partial charge in [0.2, 0.25) is 10.0 Å². The number of hydrogen-bond acceptors (Lipinski definition) is 6. The smallest absolute Gasteiger partial charge is 0.244 e. The van der Waals surface area contributed by atoms with Gasteiger partial charge in [0.05, 0.1) is 24.5 Å². The molecule has 27 heavy (non-hydrogen) atoms. The second-order valence-corrected chi connectivity index (χ2v) is 8.98. The molecule has 0 fully saturated rings. The molecule has 0 bridgehead atoms. The van der Waals surface area contributed by atoms with Gasteiger partial charge in [-0.05, 0) is 44.5 Å². The Morgan fingerprint density at radius 1 is 1.33 bits per heavy atom. The normalized spacial score (nSPS) is 12.9. The van der Waals surface area contributed by atoms with Gasteiger partial charge in [0.1, 0.15) is 15.7 Å². The lowest BCUT2D eigenvalue weighted by Gasteiger charge is -2.17. The first kappa shape index (κ1) is 19.5. The second-order valence-electron chi connectivity index (χ2n) is 6.06. The van der Waals surface area contributed by atoms with E-state index in [2.05, 4.69) is 14.8 Å². The van der Waals surface area contributed by atoms with E-state index in [1.165, 1.54) is 18.4 Å². The summed E-state index contributed by atoms with van der Waals surface area (Å²) in [5.74, 6) is 0.278. The number of nitrogens with zero attached hydrogens (tertiary/aromatic N) is 3. The van der Waals surface area contributed by atoms with E-state index in [1.807, 2.05) is 20.8 Å². The Morgan fingerprint density at radius 3 is 2.67 bits per heavy atom. The van der Waals surface area contributed by atoms with Crippen LogP contribution in [0.5, 0.6) is 5.75 Å². The summed E-state index contributed by atoms with van der Waals surface area (Å²) < 4.78 is 35.9. The molecule has 9 heteroatoms. The molecular weight excluding hydrogens is 384 g/mol. The molecule has 0 aliphatic rings. The summed E-state index contributed by atoms with van der Waals surface area (Å²) in [5, 5.41) is 4.92. The number of thiazole rings is 1. The summed E-state index contributed by atoms with van der Waals surface area (Å²) in [7, 11) is -2.38. The Hall–Kier alpha value is -2.23. The monoisotopic (exact) mass is 406 g/mol. The van der Waals surface area contributed by atoms with E-state index in [0.29, 0.717) is 12.1 Å². The van der Waals surface area contributed by atoms with E-state index in [4.69, 9.17) is 4.74 Å². The van der Waals surface area contributed by atoms with Crippen molar-refractivity contribution in [2.45, 2.75) is 38.1 Å². The van der Waals surface area contributed by atoms with Crippen LogP contribution >= 0.6 is 11.3 Å². The van der Waals surface area contributed by atoms with Gasteiger partial charge in [-0.15, -0.1) is 11.3 Å². The fraction of sp³-hybridized carbons (Fsp3) is 0.333. The number of rotatable bonds is 7. The summed E-state index contributed by atoms with van der Waals surface area (Å²) in [6.07, 6.45) is 3.98. The van der Waals surface area contributed by atoms with Crippen LogP contribution in [0.3, 0.4) is 0 Å². The number of ether oxygens (including phenoxy) is 1. The Balaban J connectivity index is 1.99. The zero-order valence-corrected chi connectivity index (χ0v) is 17.3. The van der Waals surface area contributed by atoms with Gasteiger partial charge in [-0.3, -0.25) is 0 Å². The largest absolute Gasteiger partial charge is 0.495 e. The fourth-order valence-electron chi connectivity index (χ4n) is 2.65. The van der Waals surface area contributed by atoms with Crippen LogP contribution < -0.4 is 9.46 Å². The summed E-state index contributed by atoms with van der Waals surface area (Å²) in [6, 6.07) is 6.32. The van der Waals surface area contributed by atoms with Gasteiger partial charge in [0, 0.05) is 17.3 Å². The van der Waals surface area contributed by atoms with Crippen LogP contribution in [-0.4, -0.2) is 30.3 Å². The van der Waals surface area contributed by atoms with Crippen LogP contribution in [0, 0.1) is 13.8 Å². The van der Waals surface area contributed by atoms with E-state index >= 15 is 0 Å². The molecule has 0 saturated carbocycles. The number of nitrogens with one attached hydrogen (secondary N) is 1. The van der Waals surface area contributed by atoms with Crippen molar-refractivity contribution in [3.8, 4) is 11.4 Å². The maximum atomic E-state index is 13.1. The van der Waals surface area contributed by atoms with Gasteiger partial charge in [-0.1, -0.05) is 6.92 Å². The maximum absolute atomic E-state index is 13.1. The van der Waals surface area contributed by atoms with Crippen molar-refractivity contribution < 1.29 is 13.2 Å². The lowest BCUT2D eigenvalue weighted by molar-refractivity contribution is 0.401. The average molecular weight is 407 g/mol. The van der Waals surface area contributed by atoms with Gasteiger partial charge in [-0.25, -0.2) is 22.8 Å². The second kappa shape index (κ2) is 7.79. The molecule has 3 aromatic rings. The van der Waals surface area contributed by atoms with Gasteiger partial charge in [-0.2, -0.15) is 5.10 Å². The zero-order chi connectivity index (χ0) is 19.6. The van der Waals surface area contributed by atoms with Crippen LogP contribution in [0.25, 0.3) is 5.69 Å². The third kappa shape index (κ3) is 4.05. The fourth-order valence-corrected chi connectivity index (χ4v) is 5.25. The van der Waals surface area contributed by atoms with Crippen molar-refractivity contribution in [3.05, 3.63) is 52.2 Å². The molecule has 0 saturated heterocycles. The minimum Gasteiger partial charge on any atom is -0.495 e. The number of benzene rings is 1. The first-order chi connectivity index (χ1) is 12.9. The van der Waals surface area contributed by atoms with Crippen LogP contribution in [0.2, 0.25) is 0 Å². The molecule has 0 aliphatic carbocycles. The van der Waals surface area contributed by atoms with Gasteiger partial charge < -0.3 is 4.74 Å². The molecule has 0 radical (unpaired) electrons. The topological polar surface area (TPSA) is 86.1 Å². The number of aromatic nitrogens is 3. The first-order valence-corrected chi connectivity index (χ1v) is 10.8. The molecule has 1 aromatic carbocycles. The number of hydrogen-bond donors (Lipinski definition) is 1. The molecule has 0 spiro atoms. The van der Waals surface area contributed by atoms with Gasteiger partial charge >= 0.3 is 0 Å². The first-order valence-electron chi connectivity index (χ1n) is 8.50. The molecule has 2 heterocycles. The summed E-state index contributed by atoms with van der Waals surface area (Å²) in [5.41, 5.74) is 1.56. The third-order valence-electron chi connectivity index (χ3n) is 4.25. The highest BCUT2D eigenvalue weighted by atomic mass is 32.2. The Labute approximate surface area is 163 Å². The van der Waals surface area contributed by atoms with Crippen LogP contribution in [0.15, 0.2) is 41.6 Å². The lowest BCUT2D eigenvalue weighted by Crippen LogP contribution is -2.28. The summed E-state index contributed by atoms with van der Waals surface area (Å²) in [6.45, 7) is 5.83. The summed E-state index contributed by atoms with van der Waals surface area (Å²) in [4.78, 5) is 5.66. The predicted octanol–water partition coefficient (Wildman–Crippen LogP) is 3.38. The number of sulfonamides is 1. The van der Waals surface area contributed by atoms with Crippen molar-refractivity contribution in [2.24, 2.45) is 0 Å². The van der Waals surface area contributed by atoms with E-state index < -0.39 is 16.1 Å². The Bertz CT molecular complexity index is 1010. The number of methoxy groups -OCH3 is 1. The molecule has 3 rings (SSSR count). The highest BCUT2D eigenvalue weighted by Crippen LogP contribution is 2.30. The molecule has 1 atom stereocenters. The molecule has 7 nitrogen and oxygen atoms in total. The van der Waals surface area contributed by atoms with Crippen molar-refractivity contribution in [1.82, 2.24) is 19.5 Å². The number of aryl methyl sites for hydroxylation is 2. The average Bonchev–Trinajstić information content (AvgIpc) is 3.30. The zero-order valence-electron chi connectivity index (χ0n) is 15.6. The van der Waals surface area contributed by atoms with E-state index in [9.17, 15) is 8.42 Å². The Morgan fingerprint density at radius 2 is 2.11 bits per heavy atom. The minimum atomic E-state index is -3.83. The highest BCUT2D eigenvalue weighted by Gasteiger charge is 2.26.